The normalized spacial score (nSPS) is 14.8. The van der Waals surface area contributed by atoms with Gasteiger partial charge in [-0.3, -0.25) is 4.79 Å². The minimum Gasteiger partial charge on any atom is -0.381 e. The van der Waals surface area contributed by atoms with Crippen LogP contribution in [0.15, 0.2) is 36.4 Å². The van der Waals surface area contributed by atoms with E-state index in [2.05, 4.69) is 39.0 Å². The molecule has 1 fully saturated rings. The largest absolute Gasteiger partial charge is 0.381 e. The first-order chi connectivity index (χ1) is 12.7. The Morgan fingerprint density at radius 2 is 2.00 bits per heavy atom. The molecule has 0 bridgehead atoms. The van der Waals surface area contributed by atoms with Crippen LogP contribution in [0.2, 0.25) is 0 Å². The van der Waals surface area contributed by atoms with Gasteiger partial charge >= 0.3 is 0 Å². The van der Waals surface area contributed by atoms with E-state index in [0.717, 1.165) is 37.2 Å². The van der Waals surface area contributed by atoms with Gasteiger partial charge in [0.1, 0.15) is 5.82 Å². The molecule has 0 atom stereocenters. The van der Waals surface area contributed by atoms with E-state index in [1.54, 1.807) is 19.2 Å². The zero-order valence-corrected chi connectivity index (χ0v) is 14.9. The van der Waals surface area contributed by atoms with Gasteiger partial charge in [0.05, 0.1) is 12.7 Å². The molecule has 7 heteroatoms. The average Bonchev–Trinajstić information content (AvgIpc) is 2.71. The van der Waals surface area contributed by atoms with Crippen molar-refractivity contribution in [3.8, 4) is 0 Å². The van der Waals surface area contributed by atoms with Crippen LogP contribution >= 0.6 is 0 Å². The number of amides is 1. The maximum absolute atomic E-state index is 11.5. The SMILES string of the molecule is CNC(=O)c1ccc(NCc2cccc(COC3CCOCC3)c2)nn1. The van der Waals surface area contributed by atoms with E-state index >= 15 is 0 Å². The molecule has 0 aliphatic carbocycles. The Balaban J connectivity index is 1.51. The van der Waals surface area contributed by atoms with Crippen molar-refractivity contribution in [1.82, 2.24) is 15.5 Å². The summed E-state index contributed by atoms with van der Waals surface area (Å²) in [5.41, 5.74) is 2.58. The number of hydrogen-bond donors (Lipinski definition) is 2. The molecule has 7 nitrogen and oxygen atoms in total. The van der Waals surface area contributed by atoms with Crippen molar-refractivity contribution in [3.05, 3.63) is 53.2 Å². The van der Waals surface area contributed by atoms with E-state index in [4.69, 9.17) is 9.47 Å². The molecule has 1 amide bonds. The Hall–Kier alpha value is -2.51. The lowest BCUT2D eigenvalue weighted by molar-refractivity contribution is -0.0390. The van der Waals surface area contributed by atoms with E-state index < -0.39 is 0 Å². The molecule has 1 aromatic carbocycles. The predicted octanol–water partition coefficient (Wildman–Crippen LogP) is 2.14. The minimum atomic E-state index is -0.249. The van der Waals surface area contributed by atoms with Crippen molar-refractivity contribution in [1.29, 1.82) is 0 Å². The Morgan fingerprint density at radius 1 is 1.19 bits per heavy atom. The average molecular weight is 356 g/mol. The summed E-state index contributed by atoms with van der Waals surface area (Å²) < 4.78 is 11.3. The van der Waals surface area contributed by atoms with Crippen LogP contribution in [0.25, 0.3) is 0 Å². The third kappa shape index (κ3) is 5.24. The molecule has 2 N–H and O–H groups in total. The fourth-order valence-electron chi connectivity index (χ4n) is 2.75. The monoisotopic (exact) mass is 356 g/mol. The molecule has 1 saturated heterocycles. The molecule has 0 spiro atoms. The topological polar surface area (TPSA) is 85.4 Å². The number of nitrogens with zero attached hydrogens (tertiary/aromatic N) is 2. The minimum absolute atomic E-state index is 0.249. The smallest absolute Gasteiger partial charge is 0.271 e. The third-order valence-electron chi connectivity index (χ3n) is 4.24. The quantitative estimate of drug-likeness (QED) is 0.791. The number of carbonyl (C=O) groups excluding carboxylic acids is 1. The van der Waals surface area contributed by atoms with Crippen LogP contribution in [0.5, 0.6) is 0 Å². The maximum Gasteiger partial charge on any atom is 0.271 e. The highest BCUT2D eigenvalue weighted by molar-refractivity contribution is 5.91. The summed E-state index contributed by atoms with van der Waals surface area (Å²) in [5, 5.41) is 13.7. The van der Waals surface area contributed by atoms with E-state index in [0.29, 0.717) is 30.8 Å². The summed E-state index contributed by atoms with van der Waals surface area (Å²) in [6.45, 7) is 2.81. The highest BCUT2D eigenvalue weighted by Crippen LogP contribution is 2.15. The molecule has 2 aromatic rings. The van der Waals surface area contributed by atoms with Gasteiger partial charge in [-0.15, -0.1) is 10.2 Å². The van der Waals surface area contributed by atoms with Crippen molar-refractivity contribution >= 4 is 11.7 Å². The second-order valence-corrected chi connectivity index (χ2v) is 6.18. The fraction of sp³-hybridized carbons (Fsp3) is 0.421. The van der Waals surface area contributed by atoms with Crippen LogP contribution in [0.4, 0.5) is 5.82 Å². The number of carbonyl (C=O) groups is 1. The first-order valence-electron chi connectivity index (χ1n) is 8.81. The zero-order chi connectivity index (χ0) is 18.2. The number of nitrogens with one attached hydrogen (secondary N) is 2. The lowest BCUT2D eigenvalue weighted by Crippen LogP contribution is -2.23. The van der Waals surface area contributed by atoms with E-state index in [1.165, 1.54) is 0 Å². The molecule has 0 saturated carbocycles. The predicted molar refractivity (Wildman–Crippen MR) is 97.8 cm³/mol. The lowest BCUT2D eigenvalue weighted by atomic mass is 10.1. The van der Waals surface area contributed by atoms with Gasteiger partial charge in [0.15, 0.2) is 5.69 Å². The van der Waals surface area contributed by atoms with Gasteiger partial charge in [-0.2, -0.15) is 0 Å². The van der Waals surface area contributed by atoms with Gasteiger partial charge < -0.3 is 20.1 Å². The number of rotatable bonds is 7. The van der Waals surface area contributed by atoms with Gasteiger partial charge in [-0.25, -0.2) is 0 Å². The lowest BCUT2D eigenvalue weighted by Gasteiger charge is -2.22. The van der Waals surface area contributed by atoms with E-state index in [-0.39, 0.29) is 5.91 Å². The summed E-state index contributed by atoms with van der Waals surface area (Å²) in [6.07, 6.45) is 2.22. The first kappa shape index (κ1) is 18.3. The standard InChI is InChI=1S/C19H24N4O3/c1-20-19(24)17-5-6-18(23-22-17)21-12-14-3-2-4-15(11-14)13-26-16-7-9-25-10-8-16/h2-6,11,16H,7-10,12-13H2,1H3,(H,20,24)(H,21,23). The highest BCUT2D eigenvalue weighted by atomic mass is 16.5. The van der Waals surface area contributed by atoms with Crippen LogP contribution in [-0.2, 0) is 22.6 Å². The maximum atomic E-state index is 11.5. The number of hydrogen-bond acceptors (Lipinski definition) is 6. The van der Waals surface area contributed by atoms with Crippen LogP contribution < -0.4 is 10.6 Å². The second-order valence-electron chi connectivity index (χ2n) is 6.18. The van der Waals surface area contributed by atoms with Crippen molar-refractivity contribution in [2.75, 3.05) is 25.6 Å². The van der Waals surface area contributed by atoms with Crippen LogP contribution in [0.3, 0.4) is 0 Å². The Labute approximate surface area is 153 Å². The summed E-state index contributed by atoms with van der Waals surface area (Å²) in [4.78, 5) is 11.5. The van der Waals surface area contributed by atoms with E-state index in [9.17, 15) is 4.79 Å². The molecular weight excluding hydrogens is 332 g/mol. The van der Waals surface area contributed by atoms with Crippen molar-refractivity contribution in [3.63, 3.8) is 0 Å². The molecule has 1 aliphatic rings. The molecule has 1 aliphatic heterocycles. The Morgan fingerprint density at radius 3 is 2.73 bits per heavy atom. The van der Waals surface area contributed by atoms with Crippen molar-refractivity contribution in [2.45, 2.75) is 32.1 Å². The van der Waals surface area contributed by atoms with E-state index in [1.807, 2.05) is 6.07 Å². The number of ether oxygens (including phenoxy) is 2. The van der Waals surface area contributed by atoms with Crippen LogP contribution in [0.1, 0.15) is 34.5 Å². The summed E-state index contributed by atoms with van der Waals surface area (Å²) in [5.74, 6) is 0.378. The van der Waals surface area contributed by atoms with Crippen LogP contribution in [-0.4, -0.2) is 42.5 Å². The van der Waals surface area contributed by atoms with Crippen LogP contribution in [0, 0.1) is 0 Å². The van der Waals surface area contributed by atoms with Crippen molar-refractivity contribution in [2.24, 2.45) is 0 Å². The molecule has 138 valence electrons. The third-order valence-corrected chi connectivity index (χ3v) is 4.24. The Kier molecular flexibility index (Phi) is 6.51. The highest BCUT2D eigenvalue weighted by Gasteiger charge is 2.14. The number of aromatic nitrogens is 2. The summed E-state index contributed by atoms with van der Waals surface area (Å²) >= 11 is 0. The molecule has 0 radical (unpaired) electrons. The summed E-state index contributed by atoms with van der Waals surface area (Å²) in [7, 11) is 1.56. The Bertz CT molecular complexity index is 715. The zero-order valence-electron chi connectivity index (χ0n) is 14.9. The molecule has 2 heterocycles. The number of anilines is 1. The van der Waals surface area contributed by atoms with Gasteiger partial charge in [-0.05, 0) is 36.1 Å². The summed E-state index contributed by atoms with van der Waals surface area (Å²) in [6, 6.07) is 11.7. The molecule has 3 rings (SSSR count). The first-order valence-corrected chi connectivity index (χ1v) is 8.81. The van der Waals surface area contributed by atoms with Gasteiger partial charge in [0.25, 0.3) is 5.91 Å². The van der Waals surface area contributed by atoms with Gasteiger partial charge in [0, 0.05) is 26.8 Å². The molecular formula is C19H24N4O3. The molecule has 1 aromatic heterocycles. The second kappa shape index (κ2) is 9.26. The number of benzene rings is 1. The van der Waals surface area contributed by atoms with Crippen molar-refractivity contribution < 1.29 is 14.3 Å². The van der Waals surface area contributed by atoms with Gasteiger partial charge in [0.2, 0.25) is 0 Å². The van der Waals surface area contributed by atoms with Gasteiger partial charge in [-0.1, -0.05) is 24.3 Å². The molecule has 26 heavy (non-hydrogen) atoms. The molecule has 0 unspecified atom stereocenters. The fourth-order valence-corrected chi connectivity index (χ4v) is 2.75.